The highest BCUT2D eigenvalue weighted by atomic mass is 35.5. The van der Waals surface area contributed by atoms with Crippen LogP contribution in [0.5, 0.6) is 11.5 Å². The Kier molecular flexibility index (Phi) is 5.21. The zero-order valence-corrected chi connectivity index (χ0v) is 17.3. The molecule has 1 aromatic carbocycles. The van der Waals surface area contributed by atoms with Crippen molar-refractivity contribution in [3.63, 3.8) is 0 Å². The lowest BCUT2D eigenvalue weighted by Gasteiger charge is -2.29. The fourth-order valence-electron chi connectivity index (χ4n) is 3.86. The van der Waals surface area contributed by atoms with Crippen LogP contribution in [0.4, 0.5) is 5.69 Å². The lowest BCUT2D eigenvalue weighted by Crippen LogP contribution is -2.40. The molecule has 2 aliphatic heterocycles. The molecular weight excluding hydrogens is 400 g/mol. The number of carbonyl (C=O) groups excluding carboxylic acids is 2. The summed E-state index contributed by atoms with van der Waals surface area (Å²) in [6.45, 7) is 1.65. The van der Waals surface area contributed by atoms with Crippen molar-refractivity contribution in [3.8, 4) is 11.5 Å². The van der Waals surface area contributed by atoms with Crippen LogP contribution in [0.3, 0.4) is 0 Å². The summed E-state index contributed by atoms with van der Waals surface area (Å²) in [4.78, 5) is 30.6. The molecule has 1 fully saturated rings. The van der Waals surface area contributed by atoms with Crippen LogP contribution >= 0.6 is 22.9 Å². The number of halogens is 1. The first kappa shape index (κ1) is 19.1. The number of carbonyl (C=O) groups is 2. The molecule has 0 saturated carbocycles. The molecule has 0 radical (unpaired) electrons. The van der Waals surface area contributed by atoms with Crippen molar-refractivity contribution in [1.29, 1.82) is 0 Å². The van der Waals surface area contributed by atoms with Gasteiger partial charge in [-0.05, 0) is 29.5 Å². The number of fused-ring (bicyclic) bond motifs is 1. The van der Waals surface area contributed by atoms with Crippen LogP contribution in [0.15, 0.2) is 23.6 Å². The van der Waals surface area contributed by atoms with E-state index in [4.69, 9.17) is 21.1 Å². The molecule has 28 heavy (non-hydrogen) atoms. The van der Waals surface area contributed by atoms with Crippen molar-refractivity contribution >= 4 is 40.4 Å². The molecule has 8 heteroatoms. The Hall–Kier alpha value is -2.25. The second-order valence-corrected chi connectivity index (χ2v) is 8.35. The van der Waals surface area contributed by atoms with Gasteiger partial charge in [-0.25, -0.2) is 0 Å². The van der Waals surface area contributed by atoms with Gasteiger partial charge in [-0.3, -0.25) is 9.59 Å². The molecule has 0 spiro atoms. The maximum Gasteiger partial charge on any atom is 0.228 e. The third kappa shape index (κ3) is 3.33. The quantitative estimate of drug-likeness (QED) is 0.761. The Balaban J connectivity index is 1.53. The number of thiophene rings is 1. The van der Waals surface area contributed by atoms with E-state index in [-0.39, 0.29) is 24.2 Å². The highest BCUT2D eigenvalue weighted by molar-refractivity contribution is 7.10. The molecule has 0 bridgehead atoms. The van der Waals surface area contributed by atoms with Gasteiger partial charge in [-0.15, -0.1) is 11.3 Å². The van der Waals surface area contributed by atoms with E-state index in [0.717, 1.165) is 6.42 Å². The average molecular weight is 421 g/mol. The molecule has 2 amide bonds. The monoisotopic (exact) mass is 420 g/mol. The Labute approximate surface area is 172 Å². The van der Waals surface area contributed by atoms with Crippen molar-refractivity contribution in [2.24, 2.45) is 5.92 Å². The molecule has 4 rings (SSSR count). The van der Waals surface area contributed by atoms with E-state index in [9.17, 15) is 9.59 Å². The molecule has 0 N–H and O–H groups in total. The summed E-state index contributed by atoms with van der Waals surface area (Å²) < 4.78 is 10.6. The molecule has 2 aromatic rings. The lowest BCUT2D eigenvalue weighted by molar-refractivity contribution is -0.136. The summed E-state index contributed by atoms with van der Waals surface area (Å²) in [5.41, 5.74) is 1.78. The molecule has 1 aromatic heterocycles. The Morgan fingerprint density at radius 3 is 2.79 bits per heavy atom. The summed E-state index contributed by atoms with van der Waals surface area (Å²) in [6, 6.07) is 5.39. The highest BCUT2D eigenvalue weighted by Gasteiger charge is 2.39. The van der Waals surface area contributed by atoms with Gasteiger partial charge in [0.2, 0.25) is 11.8 Å². The molecule has 2 aliphatic rings. The SMILES string of the molecule is COc1cc(OC)c(N2C[C@@H](C(=O)N3CCc4sccc4C3)CC2=O)cc1Cl. The first-order valence-corrected chi connectivity index (χ1v) is 10.3. The van der Waals surface area contributed by atoms with Gasteiger partial charge in [0.05, 0.1) is 30.8 Å². The first-order chi connectivity index (χ1) is 13.5. The third-order valence-corrected chi connectivity index (χ3v) is 6.66. The largest absolute Gasteiger partial charge is 0.495 e. The number of ether oxygens (including phenoxy) is 2. The molecule has 0 unspecified atom stereocenters. The molecule has 6 nitrogen and oxygen atoms in total. The zero-order chi connectivity index (χ0) is 19.8. The molecule has 148 valence electrons. The van der Waals surface area contributed by atoms with Crippen molar-refractivity contribution in [3.05, 3.63) is 39.0 Å². The number of rotatable bonds is 4. The van der Waals surface area contributed by atoms with E-state index in [2.05, 4.69) is 11.4 Å². The third-order valence-electron chi connectivity index (χ3n) is 5.34. The fourth-order valence-corrected chi connectivity index (χ4v) is 4.98. The topological polar surface area (TPSA) is 59.1 Å². The van der Waals surface area contributed by atoms with Crippen LogP contribution in [0.2, 0.25) is 5.02 Å². The van der Waals surface area contributed by atoms with E-state index in [1.54, 1.807) is 28.4 Å². The van der Waals surface area contributed by atoms with Crippen molar-refractivity contribution in [2.45, 2.75) is 19.4 Å². The number of nitrogens with zero attached hydrogens (tertiary/aromatic N) is 2. The maximum atomic E-state index is 13.0. The minimum atomic E-state index is -0.363. The normalized spacial score (nSPS) is 19.0. The summed E-state index contributed by atoms with van der Waals surface area (Å²) >= 11 is 7.99. The van der Waals surface area contributed by atoms with Crippen LogP contribution in [0.1, 0.15) is 16.9 Å². The summed E-state index contributed by atoms with van der Waals surface area (Å²) in [5.74, 6) is 0.528. The van der Waals surface area contributed by atoms with Gasteiger partial charge in [-0.1, -0.05) is 11.6 Å². The molecule has 0 aliphatic carbocycles. The molecule has 1 saturated heterocycles. The van der Waals surface area contributed by atoms with Gasteiger partial charge < -0.3 is 19.3 Å². The van der Waals surface area contributed by atoms with Crippen molar-refractivity contribution < 1.29 is 19.1 Å². The first-order valence-electron chi connectivity index (χ1n) is 9.07. The zero-order valence-electron chi connectivity index (χ0n) is 15.7. The van der Waals surface area contributed by atoms with Gasteiger partial charge in [0.15, 0.2) is 0 Å². The Morgan fingerprint density at radius 1 is 1.25 bits per heavy atom. The van der Waals surface area contributed by atoms with E-state index in [1.165, 1.54) is 24.7 Å². The van der Waals surface area contributed by atoms with Gasteiger partial charge in [0.1, 0.15) is 11.5 Å². The highest BCUT2D eigenvalue weighted by Crippen LogP contribution is 2.40. The second kappa shape index (κ2) is 7.64. The number of hydrogen-bond acceptors (Lipinski definition) is 5. The number of anilines is 1. The van der Waals surface area contributed by atoms with E-state index in [0.29, 0.717) is 41.8 Å². The van der Waals surface area contributed by atoms with Crippen LogP contribution in [-0.4, -0.2) is 44.0 Å². The van der Waals surface area contributed by atoms with Crippen LogP contribution in [0.25, 0.3) is 0 Å². The molecule has 3 heterocycles. The number of benzene rings is 1. The van der Waals surface area contributed by atoms with E-state index < -0.39 is 0 Å². The van der Waals surface area contributed by atoms with Crippen LogP contribution < -0.4 is 14.4 Å². The van der Waals surface area contributed by atoms with Gasteiger partial charge >= 0.3 is 0 Å². The Morgan fingerprint density at radius 2 is 2.04 bits per heavy atom. The minimum absolute atomic E-state index is 0.0336. The molecular formula is C20H21ClN2O4S. The van der Waals surface area contributed by atoms with Gasteiger partial charge in [0.25, 0.3) is 0 Å². The predicted octanol–water partition coefficient (Wildman–Crippen LogP) is 3.36. The standard InChI is InChI=1S/C20H21ClN2O4S/c1-26-16-9-17(27-2)15(8-14(16)21)23-11-13(7-19(23)24)20(25)22-5-3-18-12(10-22)4-6-28-18/h4,6,8-9,13H,3,5,7,10-11H2,1-2H3/t13-/m0/s1. The predicted molar refractivity (Wildman–Crippen MR) is 108 cm³/mol. The van der Waals surface area contributed by atoms with Crippen LogP contribution in [-0.2, 0) is 22.6 Å². The smallest absolute Gasteiger partial charge is 0.228 e. The van der Waals surface area contributed by atoms with Crippen LogP contribution in [0, 0.1) is 5.92 Å². The number of methoxy groups -OCH3 is 2. The van der Waals surface area contributed by atoms with Crippen molar-refractivity contribution in [1.82, 2.24) is 4.90 Å². The fraction of sp³-hybridized carbons (Fsp3) is 0.400. The number of amides is 2. The summed E-state index contributed by atoms with van der Waals surface area (Å²) in [5, 5.41) is 2.46. The Bertz CT molecular complexity index is 929. The second-order valence-electron chi connectivity index (χ2n) is 6.94. The van der Waals surface area contributed by atoms with Gasteiger partial charge in [0, 0.05) is 37.0 Å². The summed E-state index contributed by atoms with van der Waals surface area (Å²) in [7, 11) is 3.05. The minimum Gasteiger partial charge on any atom is -0.495 e. The van der Waals surface area contributed by atoms with E-state index in [1.807, 2.05) is 4.90 Å². The van der Waals surface area contributed by atoms with E-state index >= 15 is 0 Å². The molecule has 1 atom stereocenters. The van der Waals surface area contributed by atoms with Gasteiger partial charge in [-0.2, -0.15) is 0 Å². The number of hydrogen-bond donors (Lipinski definition) is 0. The maximum absolute atomic E-state index is 13.0. The lowest BCUT2D eigenvalue weighted by atomic mass is 10.0. The van der Waals surface area contributed by atoms with Crippen molar-refractivity contribution in [2.75, 3.05) is 32.2 Å². The summed E-state index contributed by atoms with van der Waals surface area (Å²) in [6.07, 6.45) is 1.07. The average Bonchev–Trinajstić information content (AvgIpc) is 3.32.